The van der Waals surface area contributed by atoms with Gasteiger partial charge in [0, 0.05) is 38.5 Å². The molecule has 2 aromatic heterocycles. The van der Waals surface area contributed by atoms with Crippen molar-refractivity contribution in [2.24, 2.45) is 0 Å². The number of rotatable bonds is 4. The molecular formula is C18H22N4O4. The quantitative estimate of drug-likeness (QED) is 0.859. The van der Waals surface area contributed by atoms with Gasteiger partial charge in [0.05, 0.1) is 11.6 Å². The van der Waals surface area contributed by atoms with E-state index < -0.39 is 0 Å². The number of imidazole rings is 1. The highest BCUT2D eigenvalue weighted by molar-refractivity contribution is 5.92. The number of likely N-dealkylation sites (tertiary alicyclic amines) is 1. The lowest BCUT2D eigenvalue weighted by atomic mass is 9.79. The van der Waals surface area contributed by atoms with E-state index in [9.17, 15) is 9.59 Å². The second-order valence-electron chi connectivity index (χ2n) is 6.87. The molecule has 1 saturated heterocycles. The molecule has 4 rings (SSSR count). The maximum absolute atomic E-state index is 12.9. The summed E-state index contributed by atoms with van der Waals surface area (Å²) in [5.74, 6) is 0.402. The number of pyridine rings is 1. The van der Waals surface area contributed by atoms with E-state index in [1.807, 2.05) is 18.2 Å². The Labute approximate surface area is 150 Å². The van der Waals surface area contributed by atoms with Crippen molar-refractivity contribution in [1.29, 1.82) is 0 Å². The Hall–Kier alpha value is -2.61. The highest BCUT2D eigenvalue weighted by Gasteiger charge is 2.53. The molecule has 1 amide bonds. The lowest BCUT2D eigenvalue weighted by Crippen LogP contribution is -2.53. The molecule has 0 unspecified atom stereocenters. The lowest BCUT2D eigenvalue weighted by Gasteiger charge is -2.43. The number of nitrogens with one attached hydrogen (secondary N) is 2. The van der Waals surface area contributed by atoms with Gasteiger partial charge in [0.15, 0.2) is 0 Å². The Balaban J connectivity index is 1.54. The number of methoxy groups -OCH3 is 1. The summed E-state index contributed by atoms with van der Waals surface area (Å²) in [6.45, 7) is 0.598. The standard InChI is InChI=1S/C18H22N4O4/c1-25-18-6-5-12(26-15-4-2-3-8-19-15)10-14(18)22(9-7-18)16(23)13-11-20-17(24)21-13/h2-4,8,11-12,14H,5-7,9-10H2,1H3,(H2,20,21,24)/t12-,14-,18+/m0/s1. The van der Waals surface area contributed by atoms with E-state index in [1.165, 1.54) is 6.20 Å². The Morgan fingerprint density at radius 2 is 2.27 bits per heavy atom. The Bertz CT molecular complexity index is 833. The van der Waals surface area contributed by atoms with Crippen LogP contribution >= 0.6 is 0 Å². The number of H-pyrrole nitrogens is 2. The second kappa shape index (κ2) is 6.60. The third kappa shape index (κ3) is 2.90. The van der Waals surface area contributed by atoms with E-state index in [0.29, 0.717) is 18.8 Å². The number of aromatic amines is 2. The van der Waals surface area contributed by atoms with Crippen LogP contribution in [0.2, 0.25) is 0 Å². The summed E-state index contributed by atoms with van der Waals surface area (Å²) in [7, 11) is 1.71. The van der Waals surface area contributed by atoms with Crippen LogP contribution < -0.4 is 10.4 Å². The summed E-state index contributed by atoms with van der Waals surface area (Å²) in [6.07, 6.45) is 6.21. The van der Waals surface area contributed by atoms with E-state index >= 15 is 0 Å². The summed E-state index contributed by atoms with van der Waals surface area (Å²) in [5, 5.41) is 0. The number of hydrogen-bond acceptors (Lipinski definition) is 5. The number of aromatic nitrogens is 3. The van der Waals surface area contributed by atoms with Crippen LogP contribution in [0.5, 0.6) is 5.88 Å². The van der Waals surface area contributed by atoms with E-state index in [4.69, 9.17) is 9.47 Å². The van der Waals surface area contributed by atoms with Crippen LogP contribution in [0.1, 0.15) is 36.2 Å². The SMILES string of the molecule is CO[C@@]12CC[C@H](Oc3ccccn3)C[C@@H]1N(C(=O)c1c[nH]c(=O)[nH]1)CC2. The van der Waals surface area contributed by atoms with Gasteiger partial charge in [0.2, 0.25) is 5.88 Å². The van der Waals surface area contributed by atoms with Gasteiger partial charge < -0.3 is 24.3 Å². The number of hydrogen-bond donors (Lipinski definition) is 2. The van der Waals surface area contributed by atoms with Gasteiger partial charge in [-0.15, -0.1) is 0 Å². The third-order valence-corrected chi connectivity index (χ3v) is 5.55. The highest BCUT2D eigenvalue weighted by atomic mass is 16.5. The molecule has 2 N–H and O–H groups in total. The van der Waals surface area contributed by atoms with Crippen molar-refractivity contribution in [3.8, 4) is 5.88 Å². The summed E-state index contributed by atoms with van der Waals surface area (Å²) in [6, 6.07) is 5.47. The first-order chi connectivity index (χ1) is 12.6. The molecule has 1 aliphatic carbocycles. The fourth-order valence-electron chi connectivity index (χ4n) is 4.20. The number of fused-ring (bicyclic) bond motifs is 1. The molecule has 8 heteroatoms. The molecule has 3 heterocycles. The van der Waals surface area contributed by atoms with Crippen molar-refractivity contribution in [3.05, 3.63) is 46.8 Å². The monoisotopic (exact) mass is 358 g/mol. The Kier molecular flexibility index (Phi) is 4.28. The van der Waals surface area contributed by atoms with Crippen LogP contribution in [0.4, 0.5) is 0 Å². The molecule has 0 aromatic carbocycles. The molecular weight excluding hydrogens is 336 g/mol. The minimum atomic E-state index is -0.384. The van der Waals surface area contributed by atoms with Gasteiger partial charge in [-0.1, -0.05) is 6.07 Å². The first-order valence-corrected chi connectivity index (χ1v) is 8.83. The second-order valence-corrected chi connectivity index (χ2v) is 6.87. The summed E-state index contributed by atoms with van der Waals surface area (Å²) >= 11 is 0. The average molecular weight is 358 g/mol. The number of carbonyl (C=O) groups is 1. The zero-order valence-electron chi connectivity index (χ0n) is 14.6. The summed E-state index contributed by atoms with van der Waals surface area (Å²) in [5.41, 5.74) is -0.462. The molecule has 3 atom stereocenters. The van der Waals surface area contributed by atoms with Crippen LogP contribution in [0.3, 0.4) is 0 Å². The number of carbonyl (C=O) groups excluding carboxylic acids is 1. The third-order valence-electron chi connectivity index (χ3n) is 5.55. The van der Waals surface area contributed by atoms with Crippen LogP contribution in [-0.2, 0) is 4.74 Å². The van der Waals surface area contributed by atoms with Crippen molar-refractivity contribution in [1.82, 2.24) is 19.9 Å². The maximum Gasteiger partial charge on any atom is 0.323 e. The molecule has 26 heavy (non-hydrogen) atoms. The van der Waals surface area contributed by atoms with E-state index in [1.54, 1.807) is 18.2 Å². The van der Waals surface area contributed by atoms with Gasteiger partial charge in [-0.2, -0.15) is 0 Å². The largest absolute Gasteiger partial charge is 0.474 e. The average Bonchev–Trinajstić information content (AvgIpc) is 3.26. The van der Waals surface area contributed by atoms with Crippen molar-refractivity contribution < 1.29 is 14.3 Å². The number of nitrogens with zero attached hydrogens (tertiary/aromatic N) is 2. The smallest absolute Gasteiger partial charge is 0.323 e. The molecule has 0 bridgehead atoms. The number of amides is 1. The van der Waals surface area contributed by atoms with Gasteiger partial charge >= 0.3 is 5.69 Å². The Morgan fingerprint density at radius 3 is 2.96 bits per heavy atom. The minimum Gasteiger partial charge on any atom is -0.474 e. The van der Waals surface area contributed by atoms with Gasteiger partial charge in [-0.25, -0.2) is 9.78 Å². The number of ether oxygens (including phenoxy) is 2. The topological polar surface area (TPSA) is 100 Å². The van der Waals surface area contributed by atoms with Gasteiger partial charge in [0.25, 0.3) is 5.91 Å². The van der Waals surface area contributed by atoms with Crippen LogP contribution in [0, 0.1) is 0 Å². The van der Waals surface area contributed by atoms with Crippen molar-refractivity contribution >= 4 is 5.91 Å². The van der Waals surface area contributed by atoms with Gasteiger partial charge in [-0.3, -0.25) is 4.79 Å². The maximum atomic E-state index is 12.9. The van der Waals surface area contributed by atoms with Crippen molar-refractivity contribution in [2.45, 2.75) is 43.4 Å². The molecule has 1 aliphatic heterocycles. The lowest BCUT2D eigenvalue weighted by molar-refractivity contribution is -0.0788. The molecule has 2 aliphatic rings. The fourth-order valence-corrected chi connectivity index (χ4v) is 4.20. The molecule has 138 valence electrons. The molecule has 2 fully saturated rings. The normalized spacial score (nSPS) is 28.0. The summed E-state index contributed by atoms with van der Waals surface area (Å²) < 4.78 is 11.9. The van der Waals surface area contributed by atoms with Crippen LogP contribution in [0.25, 0.3) is 0 Å². The predicted octanol–water partition coefficient (Wildman–Crippen LogP) is 1.33. The van der Waals surface area contributed by atoms with Crippen molar-refractivity contribution in [3.63, 3.8) is 0 Å². The summed E-state index contributed by atoms with van der Waals surface area (Å²) in [4.78, 5) is 35.3. The first kappa shape index (κ1) is 16.8. The highest BCUT2D eigenvalue weighted by Crippen LogP contribution is 2.43. The van der Waals surface area contributed by atoms with E-state index in [2.05, 4.69) is 15.0 Å². The fraction of sp³-hybridized carbons (Fsp3) is 0.500. The molecule has 0 radical (unpaired) electrons. The van der Waals surface area contributed by atoms with Crippen molar-refractivity contribution in [2.75, 3.05) is 13.7 Å². The van der Waals surface area contributed by atoms with Crippen LogP contribution in [0.15, 0.2) is 35.4 Å². The molecule has 8 nitrogen and oxygen atoms in total. The van der Waals surface area contributed by atoms with E-state index in [0.717, 1.165) is 19.3 Å². The van der Waals surface area contributed by atoms with Gasteiger partial charge in [0.1, 0.15) is 11.8 Å². The van der Waals surface area contributed by atoms with Crippen LogP contribution in [-0.4, -0.2) is 57.2 Å². The Morgan fingerprint density at radius 1 is 1.38 bits per heavy atom. The zero-order chi connectivity index (χ0) is 18.1. The predicted molar refractivity (Wildman–Crippen MR) is 93.1 cm³/mol. The zero-order valence-corrected chi connectivity index (χ0v) is 14.6. The molecule has 2 aromatic rings. The molecule has 0 spiro atoms. The molecule has 1 saturated carbocycles. The first-order valence-electron chi connectivity index (χ1n) is 8.83. The van der Waals surface area contributed by atoms with E-state index in [-0.39, 0.29) is 35.0 Å². The minimum absolute atomic E-state index is 0.0307. The van der Waals surface area contributed by atoms with Gasteiger partial charge in [-0.05, 0) is 25.3 Å².